The molecule has 1 aliphatic rings. The molecule has 8 heteroatoms. The molecule has 0 saturated heterocycles. The normalized spacial score (nSPS) is 17.3. The van der Waals surface area contributed by atoms with Gasteiger partial charge in [0.05, 0.1) is 0 Å². The molecule has 0 N–H and O–H groups in total. The minimum absolute atomic E-state index is 0.0242. The third-order valence-corrected chi connectivity index (χ3v) is 8.06. The molecule has 0 atom stereocenters. The molecule has 220 valence electrons. The summed E-state index contributed by atoms with van der Waals surface area (Å²) >= 11 is 0. The van der Waals surface area contributed by atoms with Gasteiger partial charge in [-0.05, 0) is 83.5 Å². The van der Waals surface area contributed by atoms with Crippen molar-refractivity contribution in [2.75, 3.05) is 0 Å². The Balaban J connectivity index is 1.26. The van der Waals surface area contributed by atoms with Gasteiger partial charge in [-0.25, -0.2) is 17.6 Å². The zero-order chi connectivity index (χ0) is 30.0. The first-order chi connectivity index (χ1) is 20.0. The Morgan fingerprint density at radius 1 is 0.667 bits per heavy atom. The second kappa shape index (κ2) is 12.2. The first-order valence-corrected chi connectivity index (χ1v) is 13.9. The summed E-state index contributed by atoms with van der Waals surface area (Å²) in [7, 11) is 0. The number of ether oxygens (including phenoxy) is 1. The monoisotopic (exact) mass is 586 g/mol. The van der Waals surface area contributed by atoms with Crippen molar-refractivity contribution in [2.24, 2.45) is 5.92 Å². The maximum Gasteiger partial charge on any atom is 0.573 e. The Labute approximate surface area is 240 Å². The molecule has 42 heavy (non-hydrogen) atoms. The van der Waals surface area contributed by atoms with E-state index in [4.69, 9.17) is 0 Å². The van der Waals surface area contributed by atoms with Crippen LogP contribution in [0.1, 0.15) is 55.2 Å². The van der Waals surface area contributed by atoms with Gasteiger partial charge in [-0.1, -0.05) is 74.4 Å². The second-order valence-corrected chi connectivity index (χ2v) is 11.0. The zero-order valence-corrected chi connectivity index (χ0v) is 22.9. The van der Waals surface area contributed by atoms with Crippen molar-refractivity contribution in [3.05, 3.63) is 113 Å². The largest absolute Gasteiger partial charge is 0.573 e. The molecule has 1 fully saturated rings. The molecule has 0 spiro atoms. The number of halogens is 7. The molecule has 4 aromatic rings. The first-order valence-electron chi connectivity index (χ1n) is 13.9. The SMILES string of the molecule is CC1CCC(c2ccc(-c3ccc(CCc4ccc(-c5ccc(OC(F)(F)F)c(F)c5)c(F)c4)c(F)c3F)cc2)CC1. The minimum Gasteiger partial charge on any atom is -0.403 e. The van der Waals surface area contributed by atoms with E-state index in [1.807, 2.05) is 24.3 Å². The van der Waals surface area contributed by atoms with Crippen LogP contribution in [0.4, 0.5) is 30.7 Å². The average Bonchev–Trinajstić information content (AvgIpc) is 2.95. The highest BCUT2D eigenvalue weighted by Gasteiger charge is 2.32. The van der Waals surface area contributed by atoms with Crippen LogP contribution in [0.15, 0.2) is 72.8 Å². The van der Waals surface area contributed by atoms with Gasteiger partial charge in [-0.2, -0.15) is 0 Å². The predicted molar refractivity (Wildman–Crippen MR) is 148 cm³/mol. The van der Waals surface area contributed by atoms with Crippen molar-refractivity contribution in [2.45, 2.75) is 57.7 Å². The highest BCUT2D eigenvalue weighted by atomic mass is 19.4. The smallest absolute Gasteiger partial charge is 0.403 e. The molecule has 0 heterocycles. The summed E-state index contributed by atoms with van der Waals surface area (Å²) in [5.41, 5.74) is 2.63. The first kappa shape index (κ1) is 29.7. The topological polar surface area (TPSA) is 9.23 Å². The third-order valence-electron chi connectivity index (χ3n) is 8.06. The fourth-order valence-electron chi connectivity index (χ4n) is 5.64. The van der Waals surface area contributed by atoms with Gasteiger partial charge in [-0.15, -0.1) is 13.2 Å². The summed E-state index contributed by atoms with van der Waals surface area (Å²) in [5.74, 6) is -3.68. The summed E-state index contributed by atoms with van der Waals surface area (Å²) in [6.07, 6.45) is -0.0798. The van der Waals surface area contributed by atoms with E-state index >= 15 is 8.78 Å². The van der Waals surface area contributed by atoms with Gasteiger partial charge in [-0.3, -0.25) is 0 Å². The second-order valence-electron chi connectivity index (χ2n) is 11.0. The molecule has 4 aromatic carbocycles. The molecule has 0 bridgehead atoms. The lowest BCUT2D eigenvalue weighted by atomic mass is 9.79. The summed E-state index contributed by atoms with van der Waals surface area (Å²) < 4.78 is 99.8. The fourth-order valence-corrected chi connectivity index (χ4v) is 5.64. The summed E-state index contributed by atoms with van der Waals surface area (Å²) in [6, 6.07) is 17.5. The molecule has 0 unspecified atom stereocenters. The van der Waals surface area contributed by atoms with Crippen molar-refractivity contribution in [1.29, 1.82) is 0 Å². The molecule has 0 aromatic heterocycles. The van der Waals surface area contributed by atoms with Gasteiger partial charge in [0.25, 0.3) is 0 Å². The van der Waals surface area contributed by atoms with Crippen molar-refractivity contribution < 1.29 is 35.5 Å². The van der Waals surface area contributed by atoms with Crippen LogP contribution >= 0.6 is 0 Å². The number of rotatable bonds is 7. The minimum atomic E-state index is -5.06. The van der Waals surface area contributed by atoms with Crippen LogP contribution in [0.2, 0.25) is 0 Å². The van der Waals surface area contributed by atoms with Crippen molar-refractivity contribution in [3.63, 3.8) is 0 Å². The lowest BCUT2D eigenvalue weighted by Gasteiger charge is -2.26. The molecular weight excluding hydrogens is 557 g/mol. The Bertz CT molecular complexity index is 1550. The quantitative estimate of drug-likeness (QED) is 0.196. The van der Waals surface area contributed by atoms with Crippen LogP contribution in [0.5, 0.6) is 5.75 Å². The highest BCUT2D eigenvalue weighted by molar-refractivity contribution is 5.66. The predicted octanol–water partition coefficient (Wildman–Crippen LogP) is 10.6. The number of alkyl halides is 3. The molecule has 1 aliphatic carbocycles. The van der Waals surface area contributed by atoms with Gasteiger partial charge in [0.2, 0.25) is 0 Å². The number of benzene rings is 4. The van der Waals surface area contributed by atoms with Crippen LogP contribution in [-0.4, -0.2) is 6.36 Å². The summed E-state index contributed by atoms with van der Waals surface area (Å²) in [4.78, 5) is 0. The molecular formula is C34H29F7O. The van der Waals surface area contributed by atoms with Crippen LogP contribution in [0.25, 0.3) is 22.3 Å². The van der Waals surface area contributed by atoms with Crippen LogP contribution < -0.4 is 4.74 Å². The number of hydrogen-bond acceptors (Lipinski definition) is 1. The maximum absolute atomic E-state index is 15.1. The van der Waals surface area contributed by atoms with Gasteiger partial charge in [0.1, 0.15) is 5.82 Å². The molecule has 0 aliphatic heterocycles. The van der Waals surface area contributed by atoms with E-state index in [0.29, 0.717) is 17.0 Å². The average molecular weight is 587 g/mol. The Morgan fingerprint density at radius 3 is 1.98 bits per heavy atom. The van der Waals surface area contributed by atoms with E-state index < -0.39 is 35.4 Å². The van der Waals surface area contributed by atoms with E-state index in [9.17, 15) is 22.0 Å². The van der Waals surface area contributed by atoms with Crippen molar-refractivity contribution >= 4 is 0 Å². The molecule has 5 rings (SSSR count). The summed E-state index contributed by atoms with van der Waals surface area (Å²) in [6.45, 7) is 2.27. The van der Waals surface area contributed by atoms with E-state index in [1.54, 1.807) is 12.1 Å². The lowest BCUT2D eigenvalue weighted by Crippen LogP contribution is -2.17. The van der Waals surface area contributed by atoms with E-state index in [1.165, 1.54) is 36.6 Å². The number of hydrogen-bond donors (Lipinski definition) is 0. The number of aryl methyl sites for hydroxylation is 2. The summed E-state index contributed by atoms with van der Waals surface area (Å²) in [5, 5.41) is 0. The van der Waals surface area contributed by atoms with E-state index in [0.717, 1.165) is 37.0 Å². The van der Waals surface area contributed by atoms with E-state index in [-0.39, 0.29) is 35.1 Å². The van der Waals surface area contributed by atoms with Gasteiger partial charge in [0.15, 0.2) is 23.2 Å². The van der Waals surface area contributed by atoms with Crippen LogP contribution in [0, 0.1) is 29.2 Å². The van der Waals surface area contributed by atoms with Crippen molar-refractivity contribution in [1.82, 2.24) is 0 Å². The highest BCUT2D eigenvalue weighted by Crippen LogP contribution is 2.37. The molecule has 1 saturated carbocycles. The van der Waals surface area contributed by atoms with E-state index in [2.05, 4.69) is 11.7 Å². The molecule has 0 radical (unpaired) electrons. The molecule has 0 amide bonds. The fraction of sp³-hybridized carbons (Fsp3) is 0.294. The third kappa shape index (κ3) is 6.80. The standard InChI is InChI=1S/C34H29F7O/c1-20-2-6-22(7-3-20)23-9-11-24(12-10-23)28-16-13-25(32(37)33(28)38)8-4-21-5-15-27(29(35)18-21)26-14-17-31(30(36)19-26)42-34(39,40)41/h5,9-20,22H,2-4,6-8H2,1H3. The lowest BCUT2D eigenvalue weighted by molar-refractivity contribution is -0.275. The Kier molecular flexibility index (Phi) is 8.62. The maximum atomic E-state index is 15.1. The van der Waals surface area contributed by atoms with Crippen LogP contribution in [0.3, 0.4) is 0 Å². The van der Waals surface area contributed by atoms with Gasteiger partial charge in [0, 0.05) is 11.1 Å². The van der Waals surface area contributed by atoms with Gasteiger partial charge < -0.3 is 4.74 Å². The Morgan fingerprint density at radius 2 is 1.33 bits per heavy atom. The Hall–Kier alpha value is -3.81. The van der Waals surface area contributed by atoms with Gasteiger partial charge >= 0.3 is 6.36 Å². The van der Waals surface area contributed by atoms with Crippen LogP contribution in [-0.2, 0) is 12.8 Å². The molecule has 1 nitrogen and oxygen atoms in total. The van der Waals surface area contributed by atoms with Crippen molar-refractivity contribution in [3.8, 4) is 28.0 Å². The zero-order valence-electron chi connectivity index (χ0n) is 22.9.